The molecule has 16 heavy (non-hydrogen) atoms. The highest BCUT2D eigenvalue weighted by Gasteiger charge is 2.28. The van der Waals surface area contributed by atoms with Crippen LogP contribution in [0.15, 0.2) is 0 Å². The summed E-state index contributed by atoms with van der Waals surface area (Å²) in [7, 11) is 0. The lowest BCUT2D eigenvalue weighted by molar-refractivity contribution is 0.235. The predicted molar refractivity (Wildman–Crippen MR) is 68.4 cm³/mol. The lowest BCUT2D eigenvalue weighted by Gasteiger charge is -2.23. The normalized spacial score (nSPS) is 33.0. The molecule has 3 heteroatoms. The van der Waals surface area contributed by atoms with Crippen LogP contribution in [0.3, 0.4) is 0 Å². The van der Waals surface area contributed by atoms with Crippen LogP contribution in [-0.2, 0) is 0 Å². The Morgan fingerprint density at radius 2 is 1.88 bits per heavy atom. The maximum Gasteiger partial charge on any atom is 0.00387 e. The summed E-state index contributed by atoms with van der Waals surface area (Å²) < 4.78 is 0. The van der Waals surface area contributed by atoms with Crippen molar-refractivity contribution in [2.24, 2.45) is 17.6 Å². The zero-order valence-electron chi connectivity index (χ0n) is 10.9. The van der Waals surface area contributed by atoms with Gasteiger partial charge in [0.05, 0.1) is 0 Å². The first-order chi connectivity index (χ1) is 7.69. The Balaban J connectivity index is 1.71. The number of nitrogens with zero attached hydrogens (tertiary/aromatic N) is 2. The van der Waals surface area contributed by atoms with Crippen molar-refractivity contribution in [1.29, 1.82) is 0 Å². The third-order valence-corrected chi connectivity index (χ3v) is 4.27. The lowest BCUT2D eigenvalue weighted by atomic mass is 10.1. The molecule has 0 aliphatic carbocycles. The molecule has 2 heterocycles. The second kappa shape index (κ2) is 5.48. The van der Waals surface area contributed by atoms with Crippen LogP contribution < -0.4 is 5.73 Å². The number of nitrogens with two attached hydrogens (primary N) is 1. The Labute approximate surface area is 100.0 Å². The van der Waals surface area contributed by atoms with Crippen LogP contribution in [0.2, 0.25) is 0 Å². The molecule has 0 saturated carbocycles. The van der Waals surface area contributed by atoms with Crippen molar-refractivity contribution in [1.82, 2.24) is 9.80 Å². The minimum absolute atomic E-state index is 0.723. The third-order valence-electron chi connectivity index (χ3n) is 4.27. The highest BCUT2D eigenvalue weighted by atomic mass is 15.2. The van der Waals surface area contributed by atoms with Crippen LogP contribution in [-0.4, -0.2) is 55.1 Å². The van der Waals surface area contributed by atoms with Gasteiger partial charge in [-0.2, -0.15) is 0 Å². The molecule has 2 unspecified atom stereocenters. The quantitative estimate of drug-likeness (QED) is 0.775. The van der Waals surface area contributed by atoms with Gasteiger partial charge >= 0.3 is 0 Å². The van der Waals surface area contributed by atoms with E-state index in [2.05, 4.69) is 23.6 Å². The van der Waals surface area contributed by atoms with Crippen LogP contribution in [0.25, 0.3) is 0 Å². The largest absolute Gasteiger partial charge is 0.330 e. The highest BCUT2D eigenvalue weighted by molar-refractivity contribution is 4.83. The van der Waals surface area contributed by atoms with Crippen molar-refractivity contribution in [2.45, 2.75) is 32.7 Å². The maximum absolute atomic E-state index is 5.73. The van der Waals surface area contributed by atoms with Gasteiger partial charge in [-0.3, -0.25) is 0 Å². The summed E-state index contributed by atoms with van der Waals surface area (Å²) in [5, 5.41) is 0. The molecule has 2 saturated heterocycles. The van der Waals surface area contributed by atoms with Crippen molar-refractivity contribution < 1.29 is 0 Å². The molecular formula is C13H27N3. The van der Waals surface area contributed by atoms with E-state index in [9.17, 15) is 0 Å². The van der Waals surface area contributed by atoms with Crippen molar-refractivity contribution in [3.63, 3.8) is 0 Å². The SMILES string of the molecule is CC(C)N1CCC(CN2CCC(CN)C2)C1. The molecule has 2 aliphatic rings. The van der Waals surface area contributed by atoms with Crippen molar-refractivity contribution in [3.05, 3.63) is 0 Å². The Bertz CT molecular complexity index is 217. The van der Waals surface area contributed by atoms with E-state index in [1.165, 1.54) is 45.6 Å². The van der Waals surface area contributed by atoms with E-state index in [0.29, 0.717) is 0 Å². The predicted octanol–water partition coefficient (Wildman–Crippen LogP) is 0.997. The minimum Gasteiger partial charge on any atom is -0.330 e. The van der Waals surface area contributed by atoms with Gasteiger partial charge in [0, 0.05) is 25.7 Å². The third kappa shape index (κ3) is 2.96. The Hall–Kier alpha value is -0.120. The number of hydrogen-bond donors (Lipinski definition) is 1. The van der Waals surface area contributed by atoms with E-state index in [4.69, 9.17) is 5.73 Å². The molecule has 0 aromatic rings. The van der Waals surface area contributed by atoms with Gasteiger partial charge in [-0.15, -0.1) is 0 Å². The monoisotopic (exact) mass is 225 g/mol. The maximum atomic E-state index is 5.73. The van der Waals surface area contributed by atoms with Gasteiger partial charge in [-0.1, -0.05) is 0 Å². The topological polar surface area (TPSA) is 32.5 Å². The summed E-state index contributed by atoms with van der Waals surface area (Å²) in [6, 6.07) is 0.723. The first-order valence-corrected chi connectivity index (χ1v) is 6.85. The molecule has 2 fully saturated rings. The summed E-state index contributed by atoms with van der Waals surface area (Å²) >= 11 is 0. The van der Waals surface area contributed by atoms with Crippen molar-refractivity contribution >= 4 is 0 Å². The van der Waals surface area contributed by atoms with E-state index >= 15 is 0 Å². The van der Waals surface area contributed by atoms with Crippen LogP contribution in [0.4, 0.5) is 0 Å². The fraction of sp³-hybridized carbons (Fsp3) is 1.00. The molecule has 3 nitrogen and oxygen atoms in total. The van der Waals surface area contributed by atoms with Crippen LogP contribution in [0.1, 0.15) is 26.7 Å². The summed E-state index contributed by atoms with van der Waals surface area (Å²) in [6.07, 6.45) is 2.71. The van der Waals surface area contributed by atoms with Gasteiger partial charge in [0.1, 0.15) is 0 Å². The second-order valence-electron chi connectivity index (χ2n) is 5.89. The lowest BCUT2D eigenvalue weighted by Crippen LogP contribution is -2.32. The minimum atomic E-state index is 0.723. The van der Waals surface area contributed by atoms with Gasteiger partial charge < -0.3 is 15.5 Å². The average Bonchev–Trinajstić information content (AvgIpc) is 2.87. The van der Waals surface area contributed by atoms with Gasteiger partial charge in [0.2, 0.25) is 0 Å². The first kappa shape index (κ1) is 12.3. The molecule has 0 spiro atoms. The number of rotatable bonds is 4. The molecular weight excluding hydrogens is 198 g/mol. The second-order valence-corrected chi connectivity index (χ2v) is 5.89. The molecule has 0 aromatic heterocycles. The standard InChI is InChI=1S/C13H27N3/c1-11(2)16-6-4-13(10-16)9-15-5-3-12(7-14)8-15/h11-13H,3-10,14H2,1-2H3. The van der Waals surface area contributed by atoms with Crippen LogP contribution in [0, 0.1) is 11.8 Å². The molecule has 2 atom stereocenters. The van der Waals surface area contributed by atoms with E-state index in [0.717, 1.165) is 24.4 Å². The number of likely N-dealkylation sites (tertiary alicyclic amines) is 2. The zero-order chi connectivity index (χ0) is 11.5. The van der Waals surface area contributed by atoms with Gasteiger partial charge in [0.25, 0.3) is 0 Å². The summed E-state index contributed by atoms with van der Waals surface area (Å²) in [4.78, 5) is 5.24. The highest BCUT2D eigenvalue weighted by Crippen LogP contribution is 2.22. The van der Waals surface area contributed by atoms with Crippen molar-refractivity contribution in [3.8, 4) is 0 Å². The van der Waals surface area contributed by atoms with E-state index in [1.54, 1.807) is 0 Å². The Morgan fingerprint density at radius 1 is 1.12 bits per heavy atom. The molecule has 2 rings (SSSR count). The van der Waals surface area contributed by atoms with Gasteiger partial charge in [-0.05, 0) is 58.2 Å². The first-order valence-electron chi connectivity index (χ1n) is 6.85. The van der Waals surface area contributed by atoms with Crippen LogP contribution in [0.5, 0.6) is 0 Å². The fourth-order valence-corrected chi connectivity index (χ4v) is 3.12. The zero-order valence-corrected chi connectivity index (χ0v) is 10.9. The van der Waals surface area contributed by atoms with E-state index < -0.39 is 0 Å². The summed E-state index contributed by atoms with van der Waals surface area (Å²) in [5.74, 6) is 1.67. The fourth-order valence-electron chi connectivity index (χ4n) is 3.12. The van der Waals surface area contributed by atoms with Gasteiger partial charge in [-0.25, -0.2) is 0 Å². The molecule has 94 valence electrons. The van der Waals surface area contributed by atoms with Crippen molar-refractivity contribution in [2.75, 3.05) is 39.3 Å². The molecule has 0 bridgehead atoms. The summed E-state index contributed by atoms with van der Waals surface area (Å²) in [5.41, 5.74) is 5.73. The molecule has 2 N–H and O–H groups in total. The van der Waals surface area contributed by atoms with Crippen LogP contribution >= 0.6 is 0 Å². The Kier molecular flexibility index (Phi) is 4.22. The molecule has 0 radical (unpaired) electrons. The van der Waals surface area contributed by atoms with E-state index in [-0.39, 0.29) is 0 Å². The average molecular weight is 225 g/mol. The number of hydrogen-bond acceptors (Lipinski definition) is 3. The summed E-state index contributed by atoms with van der Waals surface area (Å²) in [6.45, 7) is 11.9. The molecule has 2 aliphatic heterocycles. The molecule has 0 aromatic carbocycles. The Morgan fingerprint density at radius 3 is 2.44 bits per heavy atom. The smallest absolute Gasteiger partial charge is 0.00387 e. The van der Waals surface area contributed by atoms with Gasteiger partial charge in [0.15, 0.2) is 0 Å². The van der Waals surface area contributed by atoms with E-state index in [1.807, 2.05) is 0 Å². The molecule has 0 amide bonds.